The van der Waals surface area contributed by atoms with Gasteiger partial charge in [-0.15, -0.1) is 0 Å². The maximum Gasteiger partial charge on any atom is 0.272 e. The first kappa shape index (κ1) is 17.2. The van der Waals surface area contributed by atoms with E-state index < -0.39 is 0 Å². The highest BCUT2D eigenvalue weighted by molar-refractivity contribution is 5.92. The Labute approximate surface area is 147 Å². The topological polar surface area (TPSA) is 77.1 Å². The SMILES string of the molecule is CC(=O)N1CCN(c2ccc(C(=O)N3CCN(C=O)CC3)nc2)CC1. The predicted molar refractivity (Wildman–Crippen MR) is 92.2 cm³/mol. The van der Waals surface area contributed by atoms with Crippen molar-refractivity contribution in [3.05, 3.63) is 24.0 Å². The zero-order chi connectivity index (χ0) is 17.8. The molecule has 3 amide bonds. The molecule has 0 atom stereocenters. The van der Waals surface area contributed by atoms with E-state index in [0.717, 1.165) is 25.2 Å². The van der Waals surface area contributed by atoms with Crippen LogP contribution in [0, 0.1) is 0 Å². The van der Waals surface area contributed by atoms with E-state index in [1.54, 1.807) is 29.0 Å². The van der Waals surface area contributed by atoms with Crippen LogP contribution in [0.1, 0.15) is 17.4 Å². The summed E-state index contributed by atoms with van der Waals surface area (Å²) in [4.78, 5) is 46.3. The molecule has 25 heavy (non-hydrogen) atoms. The average Bonchev–Trinajstić information content (AvgIpc) is 2.67. The van der Waals surface area contributed by atoms with Gasteiger partial charge in [0.2, 0.25) is 12.3 Å². The van der Waals surface area contributed by atoms with Gasteiger partial charge in [0.15, 0.2) is 0 Å². The zero-order valence-electron chi connectivity index (χ0n) is 14.4. The molecule has 2 aliphatic heterocycles. The molecule has 0 aromatic carbocycles. The molecule has 0 aliphatic carbocycles. The minimum absolute atomic E-state index is 0.0986. The fourth-order valence-electron chi connectivity index (χ4n) is 3.17. The Morgan fingerprint density at radius 2 is 1.60 bits per heavy atom. The number of amides is 3. The second-order valence-electron chi connectivity index (χ2n) is 6.33. The van der Waals surface area contributed by atoms with Crippen LogP contribution in [0.2, 0.25) is 0 Å². The van der Waals surface area contributed by atoms with Crippen molar-refractivity contribution in [2.24, 2.45) is 0 Å². The highest BCUT2D eigenvalue weighted by Crippen LogP contribution is 2.16. The number of nitrogens with zero attached hydrogens (tertiary/aromatic N) is 5. The van der Waals surface area contributed by atoms with Gasteiger partial charge in [0, 0.05) is 59.3 Å². The molecule has 1 aromatic rings. The molecular formula is C17H23N5O3. The third-order valence-corrected chi connectivity index (χ3v) is 4.81. The van der Waals surface area contributed by atoms with Crippen molar-refractivity contribution < 1.29 is 14.4 Å². The van der Waals surface area contributed by atoms with Gasteiger partial charge in [0.25, 0.3) is 5.91 Å². The molecule has 3 rings (SSSR count). The minimum atomic E-state index is -0.0986. The molecule has 134 valence electrons. The Bertz CT molecular complexity index is 632. The van der Waals surface area contributed by atoms with Gasteiger partial charge in [-0.05, 0) is 12.1 Å². The van der Waals surface area contributed by atoms with E-state index in [-0.39, 0.29) is 11.8 Å². The van der Waals surface area contributed by atoms with Crippen molar-refractivity contribution in [2.75, 3.05) is 57.3 Å². The summed E-state index contributed by atoms with van der Waals surface area (Å²) < 4.78 is 0. The first-order chi connectivity index (χ1) is 12.1. The molecule has 0 saturated carbocycles. The molecule has 2 fully saturated rings. The van der Waals surface area contributed by atoms with Crippen LogP contribution in [0.15, 0.2) is 18.3 Å². The smallest absolute Gasteiger partial charge is 0.272 e. The zero-order valence-corrected chi connectivity index (χ0v) is 14.4. The first-order valence-corrected chi connectivity index (χ1v) is 8.53. The molecule has 2 aliphatic rings. The molecule has 1 aromatic heterocycles. The summed E-state index contributed by atoms with van der Waals surface area (Å²) in [5.74, 6) is 0.00638. The van der Waals surface area contributed by atoms with Gasteiger partial charge < -0.3 is 19.6 Å². The fourth-order valence-corrected chi connectivity index (χ4v) is 3.17. The summed E-state index contributed by atoms with van der Waals surface area (Å²) in [6.45, 7) is 6.73. The van der Waals surface area contributed by atoms with Gasteiger partial charge in [0.1, 0.15) is 5.69 Å². The molecule has 3 heterocycles. The molecule has 8 nitrogen and oxygen atoms in total. The molecule has 0 bridgehead atoms. The highest BCUT2D eigenvalue weighted by atomic mass is 16.2. The minimum Gasteiger partial charge on any atom is -0.367 e. The van der Waals surface area contributed by atoms with Crippen molar-refractivity contribution in [1.82, 2.24) is 19.7 Å². The maximum absolute atomic E-state index is 12.5. The van der Waals surface area contributed by atoms with Crippen LogP contribution in [0.25, 0.3) is 0 Å². The Morgan fingerprint density at radius 3 is 2.12 bits per heavy atom. The summed E-state index contributed by atoms with van der Waals surface area (Å²) in [5.41, 5.74) is 1.39. The molecule has 0 unspecified atom stereocenters. The van der Waals surface area contributed by atoms with E-state index in [1.807, 2.05) is 11.0 Å². The number of hydrogen-bond donors (Lipinski definition) is 0. The number of hydrogen-bond acceptors (Lipinski definition) is 5. The van der Waals surface area contributed by atoms with E-state index in [1.165, 1.54) is 0 Å². The number of carbonyl (C=O) groups is 3. The van der Waals surface area contributed by atoms with Crippen LogP contribution in [0.4, 0.5) is 5.69 Å². The summed E-state index contributed by atoms with van der Waals surface area (Å²) in [6, 6.07) is 3.66. The van der Waals surface area contributed by atoms with E-state index in [2.05, 4.69) is 9.88 Å². The van der Waals surface area contributed by atoms with Crippen molar-refractivity contribution in [1.29, 1.82) is 0 Å². The van der Waals surface area contributed by atoms with E-state index in [4.69, 9.17) is 0 Å². The van der Waals surface area contributed by atoms with Crippen LogP contribution >= 0.6 is 0 Å². The van der Waals surface area contributed by atoms with E-state index in [9.17, 15) is 14.4 Å². The summed E-state index contributed by atoms with van der Waals surface area (Å²) in [5, 5.41) is 0. The largest absolute Gasteiger partial charge is 0.367 e. The van der Waals surface area contributed by atoms with Crippen LogP contribution in [0.5, 0.6) is 0 Å². The van der Waals surface area contributed by atoms with Crippen molar-refractivity contribution in [3.63, 3.8) is 0 Å². The lowest BCUT2D eigenvalue weighted by molar-refractivity contribution is -0.129. The normalized spacial score (nSPS) is 18.3. The van der Waals surface area contributed by atoms with Crippen LogP contribution < -0.4 is 4.90 Å². The summed E-state index contributed by atoms with van der Waals surface area (Å²) in [7, 11) is 0. The fraction of sp³-hybridized carbons (Fsp3) is 0.529. The van der Waals surface area contributed by atoms with Gasteiger partial charge in [-0.3, -0.25) is 14.4 Å². The Balaban J connectivity index is 1.58. The molecule has 0 spiro atoms. The molecule has 8 heteroatoms. The average molecular weight is 345 g/mol. The third-order valence-electron chi connectivity index (χ3n) is 4.81. The van der Waals surface area contributed by atoms with Gasteiger partial charge >= 0.3 is 0 Å². The van der Waals surface area contributed by atoms with Crippen molar-refractivity contribution >= 4 is 23.9 Å². The van der Waals surface area contributed by atoms with Gasteiger partial charge in [-0.2, -0.15) is 0 Å². The number of carbonyl (C=O) groups excluding carboxylic acids is 3. The first-order valence-electron chi connectivity index (χ1n) is 8.53. The molecule has 0 radical (unpaired) electrons. The second-order valence-corrected chi connectivity index (χ2v) is 6.33. The number of aromatic nitrogens is 1. The third kappa shape index (κ3) is 3.89. The quantitative estimate of drug-likeness (QED) is 0.701. The Kier molecular flexibility index (Phi) is 5.16. The molecule has 2 saturated heterocycles. The van der Waals surface area contributed by atoms with Crippen LogP contribution in [0.3, 0.4) is 0 Å². The summed E-state index contributed by atoms with van der Waals surface area (Å²) >= 11 is 0. The van der Waals surface area contributed by atoms with E-state index in [0.29, 0.717) is 45.0 Å². The van der Waals surface area contributed by atoms with Gasteiger partial charge in [0.05, 0.1) is 11.9 Å². The standard InChI is InChI=1S/C17H23N5O3/c1-14(24)20-8-10-21(11-9-20)15-2-3-16(18-12-15)17(25)22-6-4-19(13-23)5-7-22/h2-3,12-13H,4-11H2,1H3. The second kappa shape index (κ2) is 7.50. The number of pyridine rings is 1. The number of piperazine rings is 2. The Morgan fingerprint density at radius 1 is 0.960 bits per heavy atom. The van der Waals surface area contributed by atoms with Gasteiger partial charge in [-0.25, -0.2) is 4.98 Å². The predicted octanol–water partition coefficient (Wildman–Crippen LogP) is -0.336. The molecule has 0 N–H and O–H groups in total. The number of anilines is 1. The lowest BCUT2D eigenvalue weighted by Crippen LogP contribution is -2.48. The maximum atomic E-state index is 12.5. The Hall–Kier alpha value is -2.64. The van der Waals surface area contributed by atoms with E-state index >= 15 is 0 Å². The lowest BCUT2D eigenvalue weighted by Gasteiger charge is -2.35. The number of rotatable bonds is 3. The van der Waals surface area contributed by atoms with Crippen molar-refractivity contribution in [3.8, 4) is 0 Å². The lowest BCUT2D eigenvalue weighted by atomic mass is 10.2. The monoisotopic (exact) mass is 345 g/mol. The molecular weight excluding hydrogens is 322 g/mol. The van der Waals surface area contributed by atoms with Crippen LogP contribution in [-0.2, 0) is 9.59 Å². The summed E-state index contributed by atoms with van der Waals surface area (Å²) in [6.07, 6.45) is 2.54. The van der Waals surface area contributed by atoms with Crippen LogP contribution in [-0.4, -0.2) is 90.3 Å². The van der Waals surface area contributed by atoms with Crippen molar-refractivity contribution in [2.45, 2.75) is 6.92 Å². The van der Waals surface area contributed by atoms with Gasteiger partial charge in [-0.1, -0.05) is 0 Å². The highest BCUT2D eigenvalue weighted by Gasteiger charge is 2.23.